The molecule has 0 spiro atoms. The van der Waals surface area contributed by atoms with Crippen LogP contribution in [0.2, 0.25) is 5.02 Å². The molecule has 0 bridgehead atoms. The van der Waals surface area contributed by atoms with E-state index in [0.717, 1.165) is 53.8 Å². The highest BCUT2D eigenvalue weighted by Gasteiger charge is 2.34. The van der Waals surface area contributed by atoms with Crippen LogP contribution >= 0.6 is 11.6 Å². The van der Waals surface area contributed by atoms with Crippen LogP contribution in [0.4, 0.5) is 5.69 Å². The third kappa shape index (κ3) is 8.72. The monoisotopic (exact) mass is 611 g/mol. The fourth-order valence-electron chi connectivity index (χ4n) is 5.29. The van der Waals surface area contributed by atoms with E-state index in [1.807, 2.05) is 36.4 Å². The number of carbonyl (C=O) groups is 2. The molecular weight excluding hydrogens is 574 g/mol. The Kier molecular flexibility index (Phi) is 10.9. The molecule has 1 aliphatic rings. The minimum Gasteiger partial charge on any atom is -0.497 e. The van der Waals surface area contributed by atoms with E-state index in [2.05, 4.69) is 5.32 Å². The maximum atomic E-state index is 14.2. The van der Waals surface area contributed by atoms with Gasteiger partial charge < -0.3 is 15.0 Å². The van der Waals surface area contributed by atoms with Crippen LogP contribution < -0.4 is 14.4 Å². The number of benzene rings is 3. The van der Waals surface area contributed by atoms with Gasteiger partial charge >= 0.3 is 0 Å². The first-order valence-electron chi connectivity index (χ1n) is 14.1. The standard InChI is InChI=1S/C32H38ClN3O5S/c1-41-29-18-16-28(17-19-29)36(42(2,39)40)23-31(37)35(22-25-12-9-13-26(33)20-25)30(21-24-10-5-3-6-11-24)32(38)34-27-14-7-4-8-15-27/h3,5-6,9-13,16-20,27,30H,4,7-8,14-15,21-23H2,1-2H3,(H,34,38). The van der Waals surface area contributed by atoms with Gasteiger partial charge in [0.2, 0.25) is 21.8 Å². The largest absolute Gasteiger partial charge is 0.497 e. The summed E-state index contributed by atoms with van der Waals surface area (Å²) in [6.07, 6.45) is 6.36. The van der Waals surface area contributed by atoms with E-state index in [0.29, 0.717) is 16.5 Å². The molecule has 0 saturated heterocycles. The molecule has 3 aromatic rings. The van der Waals surface area contributed by atoms with Crippen molar-refractivity contribution in [1.82, 2.24) is 10.2 Å². The summed E-state index contributed by atoms with van der Waals surface area (Å²) in [5.41, 5.74) is 1.94. The van der Waals surface area contributed by atoms with Crippen LogP contribution in [0.15, 0.2) is 78.9 Å². The van der Waals surface area contributed by atoms with Crippen LogP contribution in [-0.2, 0) is 32.6 Å². The quantitative estimate of drug-likeness (QED) is 0.304. The van der Waals surface area contributed by atoms with Crippen LogP contribution in [0.3, 0.4) is 0 Å². The number of methoxy groups -OCH3 is 1. The van der Waals surface area contributed by atoms with Crippen molar-refractivity contribution in [3.63, 3.8) is 0 Å². The van der Waals surface area contributed by atoms with Gasteiger partial charge in [-0.3, -0.25) is 13.9 Å². The van der Waals surface area contributed by atoms with Crippen LogP contribution in [-0.4, -0.2) is 57.1 Å². The fraction of sp³-hybridized carbons (Fsp3) is 0.375. The molecule has 1 unspecified atom stereocenters. The molecule has 0 radical (unpaired) electrons. The molecule has 1 N–H and O–H groups in total. The minimum absolute atomic E-state index is 0.0412. The van der Waals surface area contributed by atoms with Crippen LogP contribution in [0, 0.1) is 0 Å². The highest BCUT2D eigenvalue weighted by Crippen LogP contribution is 2.24. The molecule has 1 aliphatic carbocycles. The molecule has 0 aromatic heterocycles. The Morgan fingerprint density at radius 3 is 2.24 bits per heavy atom. The third-order valence-corrected chi connectivity index (χ3v) is 8.88. The van der Waals surface area contributed by atoms with Gasteiger partial charge in [-0.15, -0.1) is 0 Å². The number of hydrogen-bond donors (Lipinski definition) is 1. The lowest BCUT2D eigenvalue weighted by molar-refractivity contribution is -0.140. The first-order valence-corrected chi connectivity index (χ1v) is 16.4. The Hall–Kier alpha value is -3.56. The summed E-state index contributed by atoms with van der Waals surface area (Å²) in [4.78, 5) is 29.6. The van der Waals surface area contributed by atoms with Crippen LogP contribution in [0.25, 0.3) is 0 Å². The van der Waals surface area contributed by atoms with Gasteiger partial charge in [-0.1, -0.05) is 73.3 Å². The van der Waals surface area contributed by atoms with E-state index in [-0.39, 0.29) is 24.9 Å². The summed E-state index contributed by atoms with van der Waals surface area (Å²) < 4.78 is 32.1. The number of rotatable bonds is 12. The SMILES string of the molecule is COc1ccc(N(CC(=O)N(Cc2cccc(Cl)c2)C(Cc2ccccc2)C(=O)NC2CCCCC2)S(C)(=O)=O)cc1. The average Bonchev–Trinajstić information content (AvgIpc) is 2.98. The van der Waals surface area contributed by atoms with Gasteiger partial charge in [0.1, 0.15) is 18.3 Å². The van der Waals surface area contributed by atoms with Gasteiger partial charge in [0.15, 0.2) is 0 Å². The highest BCUT2D eigenvalue weighted by molar-refractivity contribution is 7.92. The van der Waals surface area contributed by atoms with Crippen molar-refractivity contribution >= 4 is 39.1 Å². The summed E-state index contributed by atoms with van der Waals surface area (Å²) in [7, 11) is -2.33. The van der Waals surface area contributed by atoms with Crippen molar-refractivity contribution in [2.75, 3.05) is 24.2 Å². The van der Waals surface area contributed by atoms with Crippen LogP contribution in [0.1, 0.15) is 43.2 Å². The lowest BCUT2D eigenvalue weighted by Crippen LogP contribution is -2.55. The molecule has 1 atom stereocenters. The van der Waals surface area contributed by atoms with E-state index in [1.54, 1.807) is 42.5 Å². The number of amides is 2. The van der Waals surface area contributed by atoms with Gasteiger partial charge in [-0.25, -0.2) is 8.42 Å². The maximum absolute atomic E-state index is 14.2. The number of nitrogens with one attached hydrogen (secondary N) is 1. The van der Waals surface area contributed by atoms with Gasteiger partial charge in [-0.2, -0.15) is 0 Å². The number of carbonyl (C=O) groups excluding carboxylic acids is 2. The smallest absolute Gasteiger partial charge is 0.244 e. The number of hydrogen-bond acceptors (Lipinski definition) is 5. The van der Waals surface area contributed by atoms with E-state index in [9.17, 15) is 18.0 Å². The highest BCUT2D eigenvalue weighted by atomic mass is 35.5. The van der Waals surface area contributed by atoms with Crippen molar-refractivity contribution in [3.05, 3.63) is 95.0 Å². The van der Waals surface area contributed by atoms with E-state index in [1.165, 1.54) is 12.0 Å². The molecule has 3 aromatic carbocycles. The Balaban J connectivity index is 1.71. The summed E-state index contributed by atoms with van der Waals surface area (Å²) in [6, 6.07) is 22.2. The number of nitrogens with zero attached hydrogens (tertiary/aromatic N) is 2. The summed E-state index contributed by atoms with van der Waals surface area (Å²) in [5, 5.41) is 3.70. The molecule has 224 valence electrons. The number of anilines is 1. The lowest BCUT2D eigenvalue weighted by atomic mass is 9.94. The van der Waals surface area contributed by atoms with Crippen molar-refractivity contribution < 1.29 is 22.7 Å². The predicted molar refractivity (Wildman–Crippen MR) is 166 cm³/mol. The average molecular weight is 612 g/mol. The lowest BCUT2D eigenvalue weighted by Gasteiger charge is -2.35. The molecule has 0 heterocycles. The third-order valence-electron chi connectivity index (χ3n) is 7.50. The molecular formula is C32H38ClN3O5S. The molecule has 1 fully saturated rings. The van der Waals surface area contributed by atoms with Gasteiger partial charge in [0, 0.05) is 24.0 Å². The zero-order chi connectivity index (χ0) is 30.1. The fourth-order valence-corrected chi connectivity index (χ4v) is 6.35. The van der Waals surface area contributed by atoms with Gasteiger partial charge in [-0.05, 0) is 60.4 Å². The summed E-state index contributed by atoms with van der Waals surface area (Å²) in [5.74, 6) is -0.198. The van der Waals surface area contributed by atoms with E-state index in [4.69, 9.17) is 16.3 Å². The normalized spacial score (nSPS) is 14.5. The molecule has 0 aliphatic heterocycles. The van der Waals surface area contributed by atoms with Crippen LogP contribution in [0.5, 0.6) is 5.75 Å². The topological polar surface area (TPSA) is 96.0 Å². The number of sulfonamides is 1. The Morgan fingerprint density at radius 1 is 0.952 bits per heavy atom. The zero-order valence-corrected chi connectivity index (χ0v) is 25.6. The van der Waals surface area contributed by atoms with Gasteiger partial charge in [0.05, 0.1) is 19.1 Å². The predicted octanol–water partition coefficient (Wildman–Crippen LogP) is 5.20. The molecule has 42 heavy (non-hydrogen) atoms. The molecule has 4 rings (SSSR count). The minimum atomic E-state index is -3.85. The second kappa shape index (κ2) is 14.6. The Bertz CT molecular complexity index is 1440. The Labute approximate surface area is 253 Å². The second-order valence-electron chi connectivity index (χ2n) is 10.7. The Morgan fingerprint density at radius 2 is 1.62 bits per heavy atom. The van der Waals surface area contributed by atoms with E-state index >= 15 is 0 Å². The molecule has 2 amide bonds. The molecule has 10 heteroatoms. The van der Waals surface area contributed by atoms with E-state index < -0.39 is 28.5 Å². The summed E-state index contributed by atoms with van der Waals surface area (Å²) >= 11 is 6.28. The van der Waals surface area contributed by atoms with Crippen molar-refractivity contribution in [2.45, 2.75) is 57.2 Å². The molecule has 8 nitrogen and oxygen atoms in total. The zero-order valence-electron chi connectivity index (χ0n) is 24.0. The second-order valence-corrected chi connectivity index (χ2v) is 13.0. The van der Waals surface area contributed by atoms with Crippen molar-refractivity contribution in [2.24, 2.45) is 0 Å². The van der Waals surface area contributed by atoms with Gasteiger partial charge in [0.25, 0.3) is 0 Å². The van der Waals surface area contributed by atoms with Crippen molar-refractivity contribution in [1.29, 1.82) is 0 Å². The first kappa shape index (κ1) is 31.4. The first-order chi connectivity index (χ1) is 20.1. The number of halogens is 1. The maximum Gasteiger partial charge on any atom is 0.244 e. The molecule has 1 saturated carbocycles. The summed E-state index contributed by atoms with van der Waals surface area (Å²) in [6.45, 7) is -0.400. The number of ether oxygens (including phenoxy) is 1. The van der Waals surface area contributed by atoms with Crippen molar-refractivity contribution in [3.8, 4) is 5.75 Å².